The fraction of sp³-hybridized carbons (Fsp3) is 0.538. The molecule has 2 heterocycles. The SMILES string of the molecule is CN(Cc1cc(Br)cs1)C(=O)C1(C#N)CCOCC1. The van der Waals surface area contributed by atoms with Gasteiger partial charge >= 0.3 is 0 Å². The number of rotatable bonds is 3. The molecular weight excluding hydrogens is 328 g/mol. The molecule has 1 aromatic rings. The van der Waals surface area contributed by atoms with Crippen LogP contribution in [0.25, 0.3) is 0 Å². The first-order chi connectivity index (χ1) is 9.07. The van der Waals surface area contributed by atoms with Gasteiger partial charge in [0.15, 0.2) is 0 Å². The van der Waals surface area contributed by atoms with Gasteiger partial charge in [0.05, 0.1) is 12.6 Å². The van der Waals surface area contributed by atoms with Crippen molar-refractivity contribution < 1.29 is 9.53 Å². The van der Waals surface area contributed by atoms with Crippen LogP contribution in [0.2, 0.25) is 0 Å². The lowest BCUT2D eigenvalue weighted by atomic mass is 9.80. The van der Waals surface area contributed by atoms with Crippen molar-refractivity contribution in [1.82, 2.24) is 4.90 Å². The van der Waals surface area contributed by atoms with Crippen molar-refractivity contribution in [3.05, 3.63) is 20.8 Å². The van der Waals surface area contributed by atoms with Crippen molar-refractivity contribution in [2.24, 2.45) is 5.41 Å². The first-order valence-corrected chi connectivity index (χ1v) is 7.72. The van der Waals surface area contributed by atoms with Crippen molar-refractivity contribution in [2.45, 2.75) is 19.4 Å². The van der Waals surface area contributed by atoms with Crippen LogP contribution in [0.5, 0.6) is 0 Å². The van der Waals surface area contributed by atoms with Gasteiger partial charge in [-0.15, -0.1) is 11.3 Å². The van der Waals surface area contributed by atoms with E-state index in [0.29, 0.717) is 32.6 Å². The molecule has 0 atom stereocenters. The van der Waals surface area contributed by atoms with Crippen molar-refractivity contribution >= 4 is 33.2 Å². The van der Waals surface area contributed by atoms with Gasteiger partial charge < -0.3 is 9.64 Å². The monoisotopic (exact) mass is 342 g/mol. The van der Waals surface area contributed by atoms with Gasteiger partial charge in [0.2, 0.25) is 5.91 Å². The smallest absolute Gasteiger partial charge is 0.243 e. The van der Waals surface area contributed by atoms with Crippen LogP contribution in [-0.4, -0.2) is 31.1 Å². The predicted octanol–water partition coefficient (Wildman–Crippen LogP) is 2.79. The number of hydrogen-bond donors (Lipinski definition) is 0. The molecule has 1 aromatic heterocycles. The highest BCUT2D eigenvalue weighted by molar-refractivity contribution is 9.10. The van der Waals surface area contributed by atoms with Gasteiger partial charge in [-0.3, -0.25) is 4.79 Å². The molecule has 1 amide bonds. The quantitative estimate of drug-likeness (QED) is 0.848. The van der Waals surface area contributed by atoms with E-state index in [1.54, 1.807) is 23.3 Å². The van der Waals surface area contributed by atoms with Crippen LogP contribution in [-0.2, 0) is 16.1 Å². The average molecular weight is 343 g/mol. The predicted molar refractivity (Wildman–Crippen MR) is 76.6 cm³/mol. The number of ether oxygens (including phenoxy) is 1. The minimum atomic E-state index is -0.901. The molecule has 4 nitrogen and oxygen atoms in total. The molecule has 0 unspecified atom stereocenters. The standard InChI is InChI=1S/C13H15BrN2O2S/c1-16(7-11-6-10(14)8-19-11)12(17)13(9-15)2-4-18-5-3-13/h6,8H,2-5,7H2,1H3. The summed E-state index contributed by atoms with van der Waals surface area (Å²) in [5, 5.41) is 11.4. The molecule has 19 heavy (non-hydrogen) atoms. The summed E-state index contributed by atoms with van der Waals surface area (Å²) in [5.74, 6) is -0.0946. The summed E-state index contributed by atoms with van der Waals surface area (Å²) in [6.45, 7) is 1.51. The molecule has 0 bridgehead atoms. The first kappa shape index (κ1) is 14.5. The first-order valence-electron chi connectivity index (χ1n) is 6.05. The molecule has 0 aromatic carbocycles. The van der Waals surface area contributed by atoms with Crippen molar-refractivity contribution in [3.8, 4) is 6.07 Å². The zero-order valence-electron chi connectivity index (χ0n) is 10.7. The number of carbonyl (C=O) groups excluding carboxylic acids is 1. The maximum atomic E-state index is 12.5. The van der Waals surface area contributed by atoms with E-state index in [1.807, 2.05) is 11.4 Å². The van der Waals surface area contributed by atoms with Crippen molar-refractivity contribution in [1.29, 1.82) is 5.26 Å². The van der Waals surface area contributed by atoms with Gasteiger partial charge in [0.25, 0.3) is 0 Å². The van der Waals surface area contributed by atoms with Crippen LogP contribution in [0.3, 0.4) is 0 Å². The molecule has 0 radical (unpaired) electrons. The number of hydrogen-bond acceptors (Lipinski definition) is 4. The average Bonchev–Trinajstić information content (AvgIpc) is 2.84. The van der Waals surface area contributed by atoms with E-state index in [-0.39, 0.29) is 5.91 Å². The molecule has 2 rings (SSSR count). The highest BCUT2D eigenvalue weighted by atomic mass is 79.9. The fourth-order valence-electron chi connectivity index (χ4n) is 2.20. The maximum Gasteiger partial charge on any atom is 0.243 e. The Labute approximate surface area is 125 Å². The van der Waals surface area contributed by atoms with Crippen LogP contribution in [0.1, 0.15) is 17.7 Å². The number of nitriles is 1. The van der Waals surface area contributed by atoms with Crippen LogP contribution in [0, 0.1) is 16.7 Å². The Kier molecular flexibility index (Phi) is 4.61. The second kappa shape index (κ2) is 6.04. The van der Waals surface area contributed by atoms with Gasteiger partial charge in [-0.05, 0) is 34.8 Å². The summed E-state index contributed by atoms with van der Waals surface area (Å²) < 4.78 is 6.27. The van der Waals surface area contributed by atoms with E-state index in [2.05, 4.69) is 22.0 Å². The molecule has 0 N–H and O–H groups in total. The zero-order valence-corrected chi connectivity index (χ0v) is 13.1. The third-order valence-corrected chi connectivity index (χ3v) is 5.01. The number of halogens is 1. The Morgan fingerprint density at radius 1 is 1.63 bits per heavy atom. The highest BCUT2D eigenvalue weighted by Gasteiger charge is 2.42. The van der Waals surface area contributed by atoms with E-state index in [9.17, 15) is 10.1 Å². The van der Waals surface area contributed by atoms with Crippen LogP contribution < -0.4 is 0 Å². The number of thiophene rings is 1. The molecule has 1 aliphatic heterocycles. The van der Waals surface area contributed by atoms with E-state index >= 15 is 0 Å². The lowest BCUT2D eigenvalue weighted by Gasteiger charge is -2.32. The molecule has 0 aliphatic carbocycles. The second-order valence-corrected chi connectivity index (χ2v) is 6.61. The molecule has 1 aliphatic rings. The Bertz CT molecular complexity index is 503. The Morgan fingerprint density at radius 3 is 2.84 bits per heavy atom. The summed E-state index contributed by atoms with van der Waals surface area (Å²) in [4.78, 5) is 15.2. The molecule has 1 saturated heterocycles. The van der Waals surface area contributed by atoms with Gasteiger partial charge in [0.1, 0.15) is 5.41 Å². The minimum absolute atomic E-state index is 0.0946. The molecular formula is C13H15BrN2O2S. The van der Waals surface area contributed by atoms with Crippen molar-refractivity contribution in [3.63, 3.8) is 0 Å². The van der Waals surface area contributed by atoms with Crippen LogP contribution >= 0.6 is 27.3 Å². The maximum absolute atomic E-state index is 12.5. The van der Waals surface area contributed by atoms with Gasteiger partial charge in [-0.1, -0.05) is 0 Å². The minimum Gasteiger partial charge on any atom is -0.381 e. The molecule has 0 spiro atoms. The summed E-state index contributed by atoms with van der Waals surface area (Å²) in [7, 11) is 1.75. The van der Waals surface area contributed by atoms with Gasteiger partial charge in [-0.2, -0.15) is 5.26 Å². The molecule has 0 saturated carbocycles. The summed E-state index contributed by atoms with van der Waals surface area (Å²) in [6.07, 6.45) is 0.974. The van der Waals surface area contributed by atoms with Gasteiger partial charge in [-0.25, -0.2) is 0 Å². The Balaban J connectivity index is 2.07. The lowest BCUT2D eigenvalue weighted by molar-refractivity contribution is -0.142. The Morgan fingerprint density at radius 2 is 2.32 bits per heavy atom. The highest BCUT2D eigenvalue weighted by Crippen LogP contribution is 2.32. The number of nitrogens with zero attached hydrogens (tertiary/aromatic N) is 2. The largest absolute Gasteiger partial charge is 0.381 e. The third-order valence-electron chi connectivity index (χ3n) is 3.33. The van der Waals surface area contributed by atoms with E-state index < -0.39 is 5.41 Å². The lowest BCUT2D eigenvalue weighted by Crippen LogP contribution is -2.44. The van der Waals surface area contributed by atoms with Crippen LogP contribution in [0.15, 0.2) is 15.9 Å². The second-order valence-electron chi connectivity index (χ2n) is 4.70. The topological polar surface area (TPSA) is 53.3 Å². The van der Waals surface area contributed by atoms with Crippen LogP contribution in [0.4, 0.5) is 0 Å². The van der Waals surface area contributed by atoms with E-state index in [1.165, 1.54) is 0 Å². The summed E-state index contributed by atoms with van der Waals surface area (Å²) in [6, 6.07) is 4.21. The Hall–Kier alpha value is -0.900. The van der Waals surface area contributed by atoms with Gasteiger partial charge in [0, 0.05) is 35.0 Å². The molecule has 102 valence electrons. The number of carbonyl (C=O) groups is 1. The van der Waals surface area contributed by atoms with Crippen molar-refractivity contribution in [2.75, 3.05) is 20.3 Å². The normalized spacial score (nSPS) is 17.7. The number of amides is 1. The molecule has 6 heteroatoms. The van der Waals surface area contributed by atoms with E-state index in [0.717, 1.165) is 9.35 Å². The summed E-state index contributed by atoms with van der Waals surface area (Å²) in [5.41, 5.74) is -0.901. The third kappa shape index (κ3) is 3.16. The fourth-order valence-corrected chi connectivity index (χ4v) is 3.70. The zero-order chi connectivity index (χ0) is 13.9. The molecule has 1 fully saturated rings. The van der Waals surface area contributed by atoms with E-state index in [4.69, 9.17) is 4.74 Å². The summed E-state index contributed by atoms with van der Waals surface area (Å²) >= 11 is 5.00.